The molecular formula is C8H17Na2O4P. The van der Waals surface area contributed by atoms with Gasteiger partial charge in [-0.05, 0) is 0 Å². The molecule has 0 bridgehead atoms. The molecule has 0 saturated carbocycles. The Hall–Kier alpha value is 2.11. The van der Waals surface area contributed by atoms with Gasteiger partial charge in [0.2, 0.25) is 0 Å². The van der Waals surface area contributed by atoms with E-state index in [-0.39, 0.29) is 6.26 Å². The van der Waals surface area contributed by atoms with Crippen molar-refractivity contribution in [1.29, 1.82) is 0 Å². The van der Waals surface area contributed by atoms with Crippen LogP contribution in [-0.2, 0) is 9.09 Å². The standard InChI is InChI=1S/C8H17O4P.2Na/c1-3-7(10)8(5-6-9)12-13(11)4-2;;/h7-10,13H,3,5-6H2,1-2H3;;. The van der Waals surface area contributed by atoms with Crippen LogP contribution in [0.3, 0.4) is 0 Å². The van der Waals surface area contributed by atoms with Crippen molar-refractivity contribution in [2.45, 2.75) is 38.6 Å². The Morgan fingerprint density at radius 1 is 1.53 bits per heavy atom. The van der Waals surface area contributed by atoms with Crippen molar-refractivity contribution < 1.29 is 19.3 Å². The minimum atomic E-state index is -2.08. The van der Waals surface area contributed by atoms with Gasteiger partial charge in [0.15, 0.2) is 0 Å². The van der Waals surface area contributed by atoms with E-state index in [1.165, 1.54) is 0 Å². The molecule has 15 heavy (non-hydrogen) atoms. The van der Waals surface area contributed by atoms with Crippen molar-refractivity contribution in [3.8, 4) is 0 Å². The fourth-order valence-electron chi connectivity index (χ4n) is 1.03. The predicted molar refractivity (Wildman–Crippen MR) is 61.8 cm³/mol. The molecule has 0 aromatic heterocycles. The van der Waals surface area contributed by atoms with E-state index in [2.05, 4.69) is 0 Å². The quantitative estimate of drug-likeness (QED) is 0.496. The molecular weight excluding hydrogens is 237 g/mol. The van der Waals surface area contributed by atoms with Crippen molar-refractivity contribution in [3.05, 3.63) is 0 Å². The Kier molecular flexibility index (Phi) is 9.41. The zero-order valence-corrected chi connectivity index (χ0v) is 15.0. The summed E-state index contributed by atoms with van der Waals surface area (Å²) in [5, 5.41) is 18.5. The Balaban J connectivity index is 4.35. The van der Waals surface area contributed by atoms with E-state index in [9.17, 15) is 9.67 Å². The second-order valence-corrected chi connectivity index (χ2v) is 16.0. The summed E-state index contributed by atoms with van der Waals surface area (Å²) in [6.45, 7) is 3.76. The Morgan fingerprint density at radius 3 is 2.40 bits per heavy atom. The van der Waals surface area contributed by atoms with Gasteiger partial charge in [0.05, 0.1) is 0 Å². The molecule has 3 unspecified atom stereocenters. The number of hydrogen-bond donors (Lipinski definition) is 2. The summed E-state index contributed by atoms with van der Waals surface area (Å²) in [4.78, 5) is 0. The molecule has 4 nitrogen and oxygen atoms in total. The molecule has 0 fully saturated rings. The number of aliphatic hydroxyl groups is 2. The van der Waals surface area contributed by atoms with Crippen LogP contribution in [0.4, 0.5) is 0 Å². The second-order valence-electron chi connectivity index (χ2n) is 4.68. The molecule has 0 radical (unpaired) electrons. The summed E-state index contributed by atoms with van der Waals surface area (Å²) in [6.07, 6.45) is -0.200. The molecule has 80 valence electrons. The summed E-state index contributed by atoms with van der Waals surface area (Å²) < 4.78 is 17.1. The molecule has 2 N–H and O–H groups in total. The van der Waals surface area contributed by atoms with Crippen molar-refractivity contribution in [2.24, 2.45) is 0 Å². The van der Waals surface area contributed by atoms with E-state index in [0.717, 1.165) is 55.9 Å². The monoisotopic (exact) mass is 254 g/mol. The van der Waals surface area contributed by atoms with Crippen LogP contribution in [-0.4, -0.2) is 84.5 Å². The molecule has 0 heterocycles. The fraction of sp³-hybridized carbons (Fsp3) is 1.00. The third-order valence-electron chi connectivity index (χ3n) is 2.13. The predicted octanol–water partition coefficient (Wildman–Crippen LogP) is 0.0103. The Bertz CT molecular complexity index is 207. The molecule has 0 rings (SSSR count). The second kappa shape index (κ2) is 8.25. The van der Waals surface area contributed by atoms with Crippen LogP contribution < -0.4 is 0 Å². The molecule has 0 aromatic carbocycles. The summed E-state index contributed by atoms with van der Waals surface area (Å²) in [6, 6.07) is 0. The maximum atomic E-state index is 11.8. The van der Waals surface area contributed by atoms with E-state index < -0.39 is 20.2 Å². The third kappa shape index (κ3) is 7.20. The van der Waals surface area contributed by atoms with Crippen LogP contribution >= 0.6 is 8.03 Å². The summed E-state index contributed by atoms with van der Waals surface area (Å²) in [5.41, 5.74) is 0. The van der Waals surface area contributed by atoms with E-state index in [1.54, 1.807) is 0 Å². The number of rotatable bonds is 7. The summed E-state index contributed by atoms with van der Waals surface area (Å²) in [7, 11) is -2.08. The molecule has 7 heteroatoms. The van der Waals surface area contributed by atoms with Gasteiger partial charge in [0, 0.05) is 0 Å². The van der Waals surface area contributed by atoms with Crippen molar-refractivity contribution in [3.63, 3.8) is 0 Å². The summed E-state index contributed by atoms with van der Waals surface area (Å²) >= 11 is 1.69. The van der Waals surface area contributed by atoms with Crippen LogP contribution in [0.1, 0.15) is 26.7 Å². The van der Waals surface area contributed by atoms with E-state index >= 15 is 0 Å². The molecule has 0 amide bonds. The Morgan fingerprint density at radius 2 is 2.07 bits per heavy atom. The number of aliphatic hydroxyl groups excluding tert-OH is 2. The topological polar surface area (TPSA) is 66.8 Å². The van der Waals surface area contributed by atoms with Gasteiger partial charge < -0.3 is 0 Å². The molecule has 3 atom stereocenters. The molecule has 0 aliphatic rings. The van der Waals surface area contributed by atoms with Gasteiger partial charge >= 0.3 is 128 Å². The SMILES string of the molecule is CCC(O)C(CCO)O[PH](=O)[C](C)([Na])[Na]. The van der Waals surface area contributed by atoms with Gasteiger partial charge in [-0.3, -0.25) is 0 Å². The first kappa shape index (κ1) is 17.1. The van der Waals surface area contributed by atoms with Gasteiger partial charge in [-0.2, -0.15) is 0 Å². The molecule has 0 aliphatic carbocycles. The van der Waals surface area contributed by atoms with Gasteiger partial charge in [0.25, 0.3) is 0 Å². The van der Waals surface area contributed by atoms with Crippen molar-refractivity contribution in [1.82, 2.24) is 0 Å². The average Bonchev–Trinajstić information content (AvgIpc) is 2.14. The maximum absolute atomic E-state index is 11.8. The number of hydrogen-bond acceptors (Lipinski definition) is 4. The fourth-order valence-corrected chi connectivity index (χ4v) is 2.64. The van der Waals surface area contributed by atoms with Crippen molar-refractivity contribution in [2.75, 3.05) is 6.61 Å². The van der Waals surface area contributed by atoms with Crippen molar-refractivity contribution >= 4 is 63.9 Å². The normalized spacial score (nSPS) is 18.7. The third-order valence-corrected chi connectivity index (χ3v) is 6.32. The van der Waals surface area contributed by atoms with Crippen LogP contribution in [0.5, 0.6) is 0 Å². The first-order valence-electron chi connectivity index (χ1n) is 5.33. The zero-order chi connectivity index (χ0) is 12.1. The van der Waals surface area contributed by atoms with Gasteiger partial charge in [0.1, 0.15) is 0 Å². The zero-order valence-electron chi connectivity index (χ0n) is 9.99. The van der Waals surface area contributed by atoms with Crippen LogP contribution in [0, 0.1) is 0 Å². The Labute approximate surface area is 127 Å². The van der Waals surface area contributed by atoms with Crippen LogP contribution in [0.2, 0.25) is 0 Å². The minimum absolute atomic E-state index is 0.0458. The summed E-state index contributed by atoms with van der Waals surface area (Å²) in [5.74, 6) is 0. The van der Waals surface area contributed by atoms with Gasteiger partial charge in [-0.15, -0.1) is 0 Å². The van der Waals surface area contributed by atoms with Crippen LogP contribution in [0.15, 0.2) is 0 Å². The molecule has 0 aromatic rings. The average molecular weight is 254 g/mol. The molecule has 0 aliphatic heterocycles. The molecule has 0 spiro atoms. The van der Waals surface area contributed by atoms with Gasteiger partial charge in [-0.1, -0.05) is 0 Å². The van der Waals surface area contributed by atoms with Crippen LogP contribution in [0.25, 0.3) is 0 Å². The van der Waals surface area contributed by atoms with E-state index in [1.807, 2.05) is 13.8 Å². The van der Waals surface area contributed by atoms with Gasteiger partial charge in [-0.25, -0.2) is 0 Å². The first-order chi connectivity index (χ1) is 6.82. The first-order valence-corrected chi connectivity index (χ1v) is 8.64. The molecule has 0 saturated heterocycles. The van der Waals surface area contributed by atoms with E-state index in [0.29, 0.717) is 12.8 Å². The van der Waals surface area contributed by atoms with E-state index in [4.69, 9.17) is 9.63 Å².